The highest BCUT2D eigenvalue weighted by atomic mass is 16.4. The fraction of sp³-hybridized carbons (Fsp3) is 0.222. The minimum absolute atomic E-state index is 0. The first-order valence-electron chi connectivity index (χ1n) is 7.71. The van der Waals surface area contributed by atoms with Crippen molar-refractivity contribution in [1.29, 1.82) is 0 Å². The number of carboxylic acid groups (broad SMARTS) is 2. The smallest absolute Gasteiger partial charge is 0.320 e. The third-order valence-electron chi connectivity index (χ3n) is 3.42. The van der Waals surface area contributed by atoms with E-state index in [4.69, 9.17) is 31.9 Å². The van der Waals surface area contributed by atoms with Crippen LogP contribution in [0.25, 0.3) is 0 Å². The summed E-state index contributed by atoms with van der Waals surface area (Å²) in [5, 5.41) is 35.0. The molecule has 0 fully saturated rings. The summed E-state index contributed by atoms with van der Waals surface area (Å²) in [6, 6.07) is 10.8. The average molecular weight is 380 g/mol. The van der Waals surface area contributed by atoms with E-state index in [-0.39, 0.29) is 29.8 Å². The molecule has 0 aliphatic rings. The molecular formula is C18H24N2O7. The van der Waals surface area contributed by atoms with Crippen LogP contribution in [-0.4, -0.2) is 49.9 Å². The Morgan fingerprint density at radius 1 is 0.704 bits per heavy atom. The summed E-state index contributed by atoms with van der Waals surface area (Å²) in [4.78, 5) is 20.8. The van der Waals surface area contributed by atoms with E-state index in [1.54, 1.807) is 24.3 Å². The van der Waals surface area contributed by atoms with Crippen molar-refractivity contribution in [3.63, 3.8) is 0 Å². The van der Waals surface area contributed by atoms with Crippen LogP contribution < -0.4 is 11.5 Å². The van der Waals surface area contributed by atoms with E-state index in [2.05, 4.69) is 0 Å². The molecule has 0 aliphatic heterocycles. The molecule has 0 radical (unpaired) electrons. The number of hydrogen-bond donors (Lipinski definition) is 6. The Labute approximate surface area is 155 Å². The number of phenolic OH excluding ortho intramolecular Hbond substituents is 2. The molecule has 2 aromatic rings. The van der Waals surface area contributed by atoms with Crippen molar-refractivity contribution in [1.82, 2.24) is 0 Å². The lowest BCUT2D eigenvalue weighted by molar-refractivity contribution is -0.139. The zero-order valence-electron chi connectivity index (χ0n) is 14.4. The lowest BCUT2D eigenvalue weighted by Gasteiger charge is -2.05. The van der Waals surface area contributed by atoms with Crippen LogP contribution in [0.1, 0.15) is 11.1 Å². The van der Waals surface area contributed by atoms with Crippen molar-refractivity contribution in [2.75, 3.05) is 0 Å². The average Bonchev–Trinajstić information content (AvgIpc) is 2.59. The molecule has 2 atom stereocenters. The standard InChI is InChI=1S/2C9H11NO3.H2O/c2*10-8(9(12)13)5-6-1-3-7(11)4-2-6;/h2*1-4,8,11H,5,10H2,(H,12,13);1H2. The molecule has 148 valence electrons. The highest BCUT2D eigenvalue weighted by molar-refractivity contribution is 5.73. The number of benzene rings is 2. The van der Waals surface area contributed by atoms with Crippen molar-refractivity contribution in [2.45, 2.75) is 24.9 Å². The van der Waals surface area contributed by atoms with Gasteiger partial charge in [-0.15, -0.1) is 0 Å². The third kappa shape index (κ3) is 9.21. The van der Waals surface area contributed by atoms with Gasteiger partial charge in [-0.25, -0.2) is 0 Å². The molecule has 0 amide bonds. The molecule has 9 heteroatoms. The number of aromatic hydroxyl groups is 2. The van der Waals surface area contributed by atoms with Gasteiger partial charge >= 0.3 is 11.9 Å². The number of aliphatic carboxylic acids is 2. The second-order valence-corrected chi connectivity index (χ2v) is 5.63. The number of phenols is 2. The minimum atomic E-state index is -1.02. The summed E-state index contributed by atoms with van der Waals surface area (Å²) >= 11 is 0. The number of hydrogen-bond acceptors (Lipinski definition) is 6. The van der Waals surface area contributed by atoms with Gasteiger partial charge in [-0.1, -0.05) is 24.3 Å². The predicted molar refractivity (Wildman–Crippen MR) is 98.5 cm³/mol. The van der Waals surface area contributed by atoms with Crippen LogP contribution in [-0.2, 0) is 22.4 Å². The van der Waals surface area contributed by atoms with Crippen LogP contribution in [0.5, 0.6) is 11.5 Å². The first-order valence-corrected chi connectivity index (χ1v) is 7.71. The van der Waals surface area contributed by atoms with Crippen LogP contribution in [0.3, 0.4) is 0 Å². The third-order valence-corrected chi connectivity index (χ3v) is 3.42. The van der Waals surface area contributed by atoms with Gasteiger partial charge in [-0.05, 0) is 48.2 Å². The Balaban J connectivity index is 0.000000483. The van der Waals surface area contributed by atoms with Gasteiger partial charge in [0.2, 0.25) is 0 Å². The van der Waals surface area contributed by atoms with E-state index in [9.17, 15) is 9.59 Å². The van der Waals surface area contributed by atoms with E-state index < -0.39 is 24.0 Å². The highest BCUT2D eigenvalue weighted by Gasteiger charge is 2.12. The Morgan fingerprint density at radius 2 is 0.963 bits per heavy atom. The van der Waals surface area contributed by atoms with E-state index in [0.717, 1.165) is 11.1 Å². The number of nitrogens with two attached hydrogens (primary N) is 2. The molecule has 0 heterocycles. The summed E-state index contributed by atoms with van der Waals surface area (Å²) in [7, 11) is 0. The van der Waals surface area contributed by atoms with Gasteiger partial charge in [0, 0.05) is 0 Å². The summed E-state index contributed by atoms with van der Waals surface area (Å²) in [6.45, 7) is 0. The summed E-state index contributed by atoms with van der Waals surface area (Å²) in [6.07, 6.45) is 0.547. The number of carbonyl (C=O) groups is 2. The summed E-state index contributed by atoms with van der Waals surface area (Å²) in [5.41, 5.74) is 12.2. The van der Waals surface area contributed by atoms with Crippen molar-refractivity contribution >= 4 is 11.9 Å². The fourth-order valence-corrected chi connectivity index (χ4v) is 1.95. The maximum absolute atomic E-state index is 10.4. The van der Waals surface area contributed by atoms with E-state index in [1.807, 2.05) is 0 Å². The Kier molecular flexibility index (Phi) is 10.1. The van der Waals surface area contributed by atoms with Crippen LogP contribution >= 0.6 is 0 Å². The fourth-order valence-electron chi connectivity index (χ4n) is 1.95. The van der Waals surface area contributed by atoms with Crippen LogP contribution in [0.2, 0.25) is 0 Å². The maximum Gasteiger partial charge on any atom is 0.320 e. The predicted octanol–water partition coefficient (Wildman–Crippen LogP) is -0.132. The molecular weight excluding hydrogens is 356 g/mol. The van der Waals surface area contributed by atoms with Crippen molar-refractivity contribution in [3.8, 4) is 11.5 Å². The number of carboxylic acids is 2. The summed E-state index contributed by atoms with van der Waals surface area (Å²) < 4.78 is 0. The van der Waals surface area contributed by atoms with Gasteiger partial charge in [0.1, 0.15) is 23.6 Å². The quantitative estimate of drug-likeness (QED) is 0.398. The number of rotatable bonds is 6. The minimum Gasteiger partial charge on any atom is -0.508 e. The normalized spacial score (nSPS) is 11.9. The SMILES string of the molecule is NC(Cc1ccc(O)cc1)C(=O)O.NC(Cc1ccc(O)cc1)C(=O)O.O. The molecule has 0 saturated carbocycles. The van der Waals surface area contributed by atoms with Gasteiger partial charge in [-0.2, -0.15) is 0 Å². The van der Waals surface area contributed by atoms with Crippen LogP contribution in [0, 0.1) is 0 Å². The topological polar surface area (TPSA) is 199 Å². The zero-order chi connectivity index (χ0) is 19.7. The van der Waals surface area contributed by atoms with E-state index >= 15 is 0 Å². The first kappa shape index (κ1) is 23.9. The molecule has 0 spiro atoms. The van der Waals surface area contributed by atoms with Gasteiger partial charge in [0.05, 0.1) is 0 Å². The van der Waals surface area contributed by atoms with Gasteiger partial charge < -0.3 is 37.4 Å². The second kappa shape index (κ2) is 11.5. The monoisotopic (exact) mass is 380 g/mol. The molecule has 0 bridgehead atoms. The van der Waals surface area contributed by atoms with Gasteiger partial charge in [0.15, 0.2) is 0 Å². The molecule has 0 aliphatic carbocycles. The van der Waals surface area contributed by atoms with Crippen molar-refractivity contribution < 1.29 is 35.5 Å². The molecule has 2 rings (SSSR count). The van der Waals surface area contributed by atoms with Crippen molar-refractivity contribution in [3.05, 3.63) is 59.7 Å². The summed E-state index contributed by atoms with van der Waals surface area (Å²) in [5.74, 6) is -1.72. The molecule has 9 nitrogen and oxygen atoms in total. The van der Waals surface area contributed by atoms with E-state index in [1.165, 1.54) is 24.3 Å². The molecule has 10 N–H and O–H groups in total. The Morgan fingerprint density at radius 3 is 1.19 bits per heavy atom. The molecule has 0 aromatic heterocycles. The van der Waals surface area contributed by atoms with E-state index in [0.29, 0.717) is 0 Å². The van der Waals surface area contributed by atoms with Gasteiger partial charge in [0.25, 0.3) is 0 Å². The second-order valence-electron chi connectivity index (χ2n) is 5.63. The molecule has 27 heavy (non-hydrogen) atoms. The first-order chi connectivity index (χ1) is 12.2. The van der Waals surface area contributed by atoms with Crippen LogP contribution in [0.15, 0.2) is 48.5 Å². The molecule has 2 unspecified atom stereocenters. The van der Waals surface area contributed by atoms with Gasteiger partial charge in [-0.3, -0.25) is 9.59 Å². The lowest BCUT2D eigenvalue weighted by atomic mass is 10.1. The largest absolute Gasteiger partial charge is 0.508 e. The molecule has 2 aromatic carbocycles. The Bertz CT molecular complexity index is 654. The van der Waals surface area contributed by atoms with Crippen molar-refractivity contribution in [2.24, 2.45) is 11.5 Å². The molecule has 0 saturated heterocycles. The maximum atomic E-state index is 10.4. The highest BCUT2D eigenvalue weighted by Crippen LogP contribution is 2.11. The Hall–Kier alpha value is -3.14. The zero-order valence-corrected chi connectivity index (χ0v) is 14.4. The lowest BCUT2D eigenvalue weighted by Crippen LogP contribution is -2.32. The van der Waals surface area contributed by atoms with Crippen LogP contribution in [0.4, 0.5) is 0 Å².